The molecule has 2 aromatic carbocycles. The van der Waals surface area contributed by atoms with Crippen molar-refractivity contribution in [2.45, 2.75) is 40.5 Å². The highest BCUT2D eigenvalue weighted by molar-refractivity contribution is 6.14. The van der Waals surface area contributed by atoms with Gasteiger partial charge in [-0.15, -0.1) is 0 Å². The van der Waals surface area contributed by atoms with Crippen LogP contribution in [0.5, 0.6) is 0 Å². The number of rotatable bonds is 5. The van der Waals surface area contributed by atoms with Crippen LogP contribution in [0.25, 0.3) is 11.0 Å². The van der Waals surface area contributed by atoms with Gasteiger partial charge in [0, 0.05) is 17.5 Å². The zero-order valence-electron chi connectivity index (χ0n) is 16.8. The summed E-state index contributed by atoms with van der Waals surface area (Å²) in [7, 11) is 0. The molecule has 0 unspecified atom stereocenters. The zero-order valence-corrected chi connectivity index (χ0v) is 16.8. The molecule has 2 N–H and O–H groups in total. The van der Waals surface area contributed by atoms with Gasteiger partial charge in [0.2, 0.25) is 11.7 Å². The van der Waals surface area contributed by atoms with Crippen molar-refractivity contribution in [3.05, 3.63) is 59.9 Å². The van der Waals surface area contributed by atoms with E-state index < -0.39 is 5.91 Å². The number of hydrogen-bond donors (Lipinski definition) is 2. The smallest absolute Gasteiger partial charge is 0.293 e. The molecule has 5 nitrogen and oxygen atoms in total. The molecule has 3 rings (SSSR count). The first-order valence-electron chi connectivity index (χ1n) is 9.48. The number of amides is 2. The summed E-state index contributed by atoms with van der Waals surface area (Å²) < 4.78 is 5.78. The molecule has 5 heteroatoms. The Bertz CT molecular complexity index is 995. The first-order chi connectivity index (χ1) is 13.3. The van der Waals surface area contributed by atoms with Crippen LogP contribution in [0.4, 0.5) is 11.4 Å². The van der Waals surface area contributed by atoms with Gasteiger partial charge < -0.3 is 15.1 Å². The number of fused-ring (bicyclic) bond motifs is 1. The van der Waals surface area contributed by atoms with Crippen LogP contribution in [-0.4, -0.2) is 11.8 Å². The Balaban J connectivity index is 1.90. The summed E-state index contributed by atoms with van der Waals surface area (Å²) in [6.07, 6.45) is 1.27. The molecule has 0 aliphatic carbocycles. The quantitative estimate of drug-likeness (QED) is 0.605. The van der Waals surface area contributed by atoms with Gasteiger partial charge in [0.15, 0.2) is 0 Å². The minimum atomic E-state index is -0.397. The topological polar surface area (TPSA) is 71.3 Å². The van der Waals surface area contributed by atoms with E-state index in [0.29, 0.717) is 28.8 Å². The fourth-order valence-corrected chi connectivity index (χ4v) is 3.01. The Kier molecular flexibility index (Phi) is 5.54. The van der Waals surface area contributed by atoms with E-state index in [0.717, 1.165) is 6.42 Å². The van der Waals surface area contributed by atoms with Crippen LogP contribution in [0.3, 0.4) is 0 Å². The second kappa shape index (κ2) is 7.89. The van der Waals surface area contributed by atoms with E-state index in [1.807, 2.05) is 63.2 Å². The van der Waals surface area contributed by atoms with Crippen LogP contribution in [-0.2, 0) is 11.2 Å². The average Bonchev–Trinajstić information content (AvgIpc) is 2.99. The lowest BCUT2D eigenvalue weighted by atomic mass is 9.92. The standard InChI is InChI=1S/C23H26N2O3/c1-5-15-10-12-16(13-11-15)24-22(27)21-20(25-19(26)14-23(2,3)4)17-8-6-7-9-18(17)28-21/h6-13H,5,14H2,1-4H3,(H,24,27)(H,25,26). The maximum absolute atomic E-state index is 12.9. The maximum Gasteiger partial charge on any atom is 0.293 e. The molecule has 0 fully saturated rings. The third-order valence-electron chi connectivity index (χ3n) is 4.38. The molecule has 1 heterocycles. The van der Waals surface area contributed by atoms with Crippen LogP contribution in [0.2, 0.25) is 0 Å². The molecule has 3 aromatic rings. The third-order valence-corrected chi connectivity index (χ3v) is 4.38. The monoisotopic (exact) mass is 378 g/mol. The number of nitrogens with one attached hydrogen (secondary N) is 2. The van der Waals surface area contributed by atoms with Crippen LogP contribution in [0.15, 0.2) is 52.9 Å². The first kappa shape index (κ1) is 19.7. The van der Waals surface area contributed by atoms with Gasteiger partial charge in [-0.2, -0.15) is 0 Å². The third kappa shape index (κ3) is 4.60. The molecule has 28 heavy (non-hydrogen) atoms. The second-order valence-corrected chi connectivity index (χ2v) is 8.09. The zero-order chi connectivity index (χ0) is 20.3. The van der Waals surface area contributed by atoms with Crippen molar-refractivity contribution in [2.75, 3.05) is 10.6 Å². The van der Waals surface area contributed by atoms with Gasteiger partial charge in [0.05, 0.1) is 0 Å². The molecule has 0 saturated carbocycles. The molecule has 0 spiro atoms. The van der Waals surface area contributed by atoms with Crippen molar-refractivity contribution in [1.29, 1.82) is 0 Å². The van der Waals surface area contributed by atoms with Crippen molar-refractivity contribution in [2.24, 2.45) is 5.41 Å². The molecule has 0 atom stereocenters. The van der Waals surface area contributed by atoms with Crippen LogP contribution < -0.4 is 10.6 Å². The van der Waals surface area contributed by atoms with Gasteiger partial charge in [0.1, 0.15) is 11.3 Å². The second-order valence-electron chi connectivity index (χ2n) is 8.09. The lowest BCUT2D eigenvalue weighted by molar-refractivity contribution is -0.117. The van der Waals surface area contributed by atoms with Crippen molar-refractivity contribution in [3.8, 4) is 0 Å². The predicted octanol–water partition coefficient (Wildman–Crippen LogP) is 5.62. The number of anilines is 2. The van der Waals surface area contributed by atoms with E-state index in [4.69, 9.17) is 4.42 Å². The van der Waals surface area contributed by atoms with Gasteiger partial charge in [-0.05, 0) is 41.7 Å². The lowest BCUT2D eigenvalue weighted by Crippen LogP contribution is -2.21. The van der Waals surface area contributed by atoms with Gasteiger partial charge >= 0.3 is 0 Å². The Morgan fingerprint density at radius 2 is 1.64 bits per heavy atom. The molecular formula is C23H26N2O3. The molecule has 0 saturated heterocycles. The normalized spacial score (nSPS) is 11.4. The van der Waals surface area contributed by atoms with E-state index >= 15 is 0 Å². The van der Waals surface area contributed by atoms with E-state index in [1.54, 1.807) is 6.07 Å². The van der Waals surface area contributed by atoms with Crippen molar-refractivity contribution in [3.63, 3.8) is 0 Å². The summed E-state index contributed by atoms with van der Waals surface area (Å²) in [6, 6.07) is 15.0. The fourth-order valence-electron chi connectivity index (χ4n) is 3.01. The number of aryl methyl sites for hydroxylation is 1. The van der Waals surface area contributed by atoms with E-state index in [2.05, 4.69) is 17.6 Å². The van der Waals surface area contributed by atoms with Gasteiger partial charge in [0.25, 0.3) is 5.91 Å². The Labute approximate surface area is 165 Å². The van der Waals surface area contributed by atoms with Gasteiger partial charge in [-0.25, -0.2) is 0 Å². The molecule has 2 amide bonds. The largest absolute Gasteiger partial charge is 0.449 e. The van der Waals surface area contributed by atoms with Crippen molar-refractivity contribution >= 4 is 34.2 Å². The number of para-hydroxylation sites is 1. The van der Waals surface area contributed by atoms with Crippen LogP contribution in [0, 0.1) is 5.41 Å². The molecule has 0 radical (unpaired) electrons. The fraction of sp³-hybridized carbons (Fsp3) is 0.304. The molecule has 0 aliphatic rings. The SMILES string of the molecule is CCc1ccc(NC(=O)c2oc3ccccc3c2NC(=O)CC(C)(C)C)cc1. The summed E-state index contributed by atoms with van der Waals surface area (Å²) in [5.41, 5.74) is 2.67. The highest BCUT2D eigenvalue weighted by Crippen LogP contribution is 2.32. The Morgan fingerprint density at radius 1 is 0.964 bits per heavy atom. The van der Waals surface area contributed by atoms with Gasteiger partial charge in [-0.1, -0.05) is 52.0 Å². The highest BCUT2D eigenvalue weighted by atomic mass is 16.3. The summed E-state index contributed by atoms with van der Waals surface area (Å²) in [4.78, 5) is 25.4. The summed E-state index contributed by atoms with van der Waals surface area (Å²) in [5, 5.41) is 6.43. The van der Waals surface area contributed by atoms with E-state index in [1.165, 1.54) is 5.56 Å². The number of carbonyl (C=O) groups is 2. The average molecular weight is 378 g/mol. The van der Waals surface area contributed by atoms with Crippen molar-refractivity contribution < 1.29 is 14.0 Å². The molecule has 146 valence electrons. The minimum Gasteiger partial charge on any atom is -0.449 e. The van der Waals surface area contributed by atoms with Crippen LogP contribution in [0.1, 0.15) is 50.2 Å². The Hall–Kier alpha value is -3.08. The number of benzene rings is 2. The molecular weight excluding hydrogens is 352 g/mol. The summed E-state index contributed by atoms with van der Waals surface area (Å²) in [5.74, 6) is -0.449. The summed E-state index contributed by atoms with van der Waals surface area (Å²) in [6.45, 7) is 8.06. The first-order valence-corrected chi connectivity index (χ1v) is 9.48. The van der Waals surface area contributed by atoms with E-state index in [9.17, 15) is 9.59 Å². The predicted molar refractivity (Wildman–Crippen MR) is 113 cm³/mol. The number of hydrogen-bond acceptors (Lipinski definition) is 3. The summed E-state index contributed by atoms with van der Waals surface area (Å²) >= 11 is 0. The Morgan fingerprint density at radius 3 is 2.29 bits per heavy atom. The van der Waals surface area contributed by atoms with Crippen molar-refractivity contribution in [1.82, 2.24) is 0 Å². The van der Waals surface area contributed by atoms with Gasteiger partial charge in [-0.3, -0.25) is 9.59 Å². The minimum absolute atomic E-state index is 0.100. The number of carbonyl (C=O) groups excluding carboxylic acids is 2. The molecule has 0 bridgehead atoms. The lowest BCUT2D eigenvalue weighted by Gasteiger charge is -2.17. The maximum atomic E-state index is 12.9. The highest BCUT2D eigenvalue weighted by Gasteiger charge is 2.24. The number of furan rings is 1. The van der Waals surface area contributed by atoms with E-state index in [-0.39, 0.29) is 17.1 Å². The molecule has 1 aromatic heterocycles. The van der Waals surface area contributed by atoms with Crippen LogP contribution >= 0.6 is 0 Å². The molecule has 0 aliphatic heterocycles.